The van der Waals surface area contributed by atoms with Crippen LogP contribution in [0.1, 0.15) is 11.1 Å². The molecule has 26 heavy (non-hydrogen) atoms. The van der Waals surface area contributed by atoms with E-state index in [-0.39, 0.29) is 12.5 Å². The number of ether oxygens (including phenoxy) is 2. The highest BCUT2D eigenvalue weighted by Crippen LogP contribution is 2.21. The maximum absolute atomic E-state index is 12.0. The Balaban J connectivity index is 1.53. The van der Waals surface area contributed by atoms with Crippen LogP contribution in [0.4, 0.5) is 0 Å². The van der Waals surface area contributed by atoms with E-state index in [2.05, 4.69) is 5.32 Å². The van der Waals surface area contributed by atoms with E-state index in [4.69, 9.17) is 14.7 Å². The summed E-state index contributed by atoms with van der Waals surface area (Å²) in [7, 11) is 1.64. The van der Waals surface area contributed by atoms with Crippen molar-refractivity contribution in [1.82, 2.24) is 5.32 Å². The lowest BCUT2D eigenvalue weighted by molar-refractivity contribution is -0.123. The van der Waals surface area contributed by atoms with Crippen molar-refractivity contribution in [3.8, 4) is 17.6 Å². The minimum absolute atomic E-state index is 0.0727. The van der Waals surface area contributed by atoms with Gasteiger partial charge in [0.05, 0.1) is 18.7 Å². The largest absolute Gasteiger partial charge is 0.497 e. The van der Waals surface area contributed by atoms with E-state index in [0.29, 0.717) is 17.9 Å². The van der Waals surface area contributed by atoms with Gasteiger partial charge in [-0.2, -0.15) is 5.26 Å². The fourth-order valence-corrected chi connectivity index (χ4v) is 2.54. The second-order valence-corrected chi connectivity index (χ2v) is 5.75. The van der Waals surface area contributed by atoms with Gasteiger partial charge in [-0.05, 0) is 58.8 Å². The Hall–Kier alpha value is -3.52. The molecule has 0 atom stereocenters. The number of amides is 1. The number of nitrogens with one attached hydrogen (secondary N) is 1. The summed E-state index contributed by atoms with van der Waals surface area (Å²) >= 11 is 0. The van der Waals surface area contributed by atoms with Gasteiger partial charge in [-0.15, -0.1) is 0 Å². The maximum atomic E-state index is 12.0. The second-order valence-electron chi connectivity index (χ2n) is 5.75. The molecule has 3 aromatic carbocycles. The standard InChI is InChI=1S/C21H18N2O3/c1-25-20-9-6-17-10-16(2-5-18(17)11-20)13-23-21(24)14-26-19-7-3-15(12-22)4-8-19/h2-11H,13-14H2,1H3,(H,23,24). The van der Waals surface area contributed by atoms with Gasteiger partial charge in [-0.25, -0.2) is 0 Å². The highest BCUT2D eigenvalue weighted by Gasteiger charge is 2.04. The summed E-state index contributed by atoms with van der Waals surface area (Å²) in [4.78, 5) is 12.0. The molecule has 0 aliphatic heterocycles. The van der Waals surface area contributed by atoms with E-state index in [1.54, 1.807) is 31.4 Å². The van der Waals surface area contributed by atoms with Crippen LogP contribution in [0.25, 0.3) is 10.8 Å². The van der Waals surface area contributed by atoms with Crippen LogP contribution in [0.5, 0.6) is 11.5 Å². The minimum Gasteiger partial charge on any atom is -0.497 e. The van der Waals surface area contributed by atoms with Crippen LogP contribution in [0, 0.1) is 11.3 Å². The molecule has 0 heterocycles. The lowest BCUT2D eigenvalue weighted by Gasteiger charge is -2.09. The van der Waals surface area contributed by atoms with Crippen molar-refractivity contribution >= 4 is 16.7 Å². The Morgan fingerprint density at radius 3 is 2.42 bits per heavy atom. The number of carbonyl (C=O) groups is 1. The van der Waals surface area contributed by atoms with Crippen molar-refractivity contribution in [1.29, 1.82) is 5.26 Å². The third-order valence-electron chi connectivity index (χ3n) is 3.95. The average Bonchev–Trinajstić information content (AvgIpc) is 2.70. The van der Waals surface area contributed by atoms with Crippen LogP contribution in [0.2, 0.25) is 0 Å². The van der Waals surface area contributed by atoms with Crippen LogP contribution in [0.15, 0.2) is 60.7 Å². The van der Waals surface area contributed by atoms with Crippen LogP contribution >= 0.6 is 0 Å². The maximum Gasteiger partial charge on any atom is 0.258 e. The molecule has 0 spiro atoms. The first kappa shape index (κ1) is 17.3. The first-order valence-electron chi connectivity index (χ1n) is 8.14. The fraction of sp³-hybridized carbons (Fsp3) is 0.143. The highest BCUT2D eigenvalue weighted by atomic mass is 16.5. The van der Waals surface area contributed by atoms with Crippen LogP contribution in [-0.4, -0.2) is 19.6 Å². The summed E-state index contributed by atoms with van der Waals surface area (Å²) in [5.41, 5.74) is 1.56. The molecule has 0 saturated carbocycles. The number of hydrogen-bond donors (Lipinski definition) is 1. The number of fused-ring (bicyclic) bond motifs is 1. The zero-order valence-corrected chi connectivity index (χ0v) is 14.4. The van der Waals surface area contributed by atoms with Gasteiger partial charge in [0.15, 0.2) is 6.61 Å². The van der Waals surface area contributed by atoms with E-state index >= 15 is 0 Å². The quantitative estimate of drug-likeness (QED) is 0.742. The van der Waals surface area contributed by atoms with E-state index in [1.165, 1.54) is 0 Å². The summed E-state index contributed by atoms with van der Waals surface area (Å²) in [6.45, 7) is 0.355. The SMILES string of the molecule is COc1ccc2cc(CNC(=O)COc3ccc(C#N)cc3)ccc2c1. The lowest BCUT2D eigenvalue weighted by atomic mass is 10.1. The molecule has 3 rings (SSSR count). The number of nitriles is 1. The Morgan fingerprint density at radius 2 is 1.69 bits per heavy atom. The molecule has 130 valence electrons. The molecule has 5 heteroatoms. The van der Waals surface area contributed by atoms with Crippen molar-refractivity contribution in [2.45, 2.75) is 6.54 Å². The normalized spacial score (nSPS) is 10.2. The highest BCUT2D eigenvalue weighted by molar-refractivity contribution is 5.84. The van der Waals surface area contributed by atoms with Gasteiger partial charge in [0.2, 0.25) is 0 Å². The number of hydrogen-bond acceptors (Lipinski definition) is 4. The first-order chi connectivity index (χ1) is 12.7. The summed E-state index contributed by atoms with van der Waals surface area (Å²) in [5.74, 6) is 1.17. The summed E-state index contributed by atoms with van der Waals surface area (Å²) < 4.78 is 10.6. The topological polar surface area (TPSA) is 71.3 Å². The van der Waals surface area contributed by atoms with Gasteiger partial charge in [0.1, 0.15) is 11.5 Å². The smallest absolute Gasteiger partial charge is 0.258 e. The van der Waals surface area contributed by atoms with Crippen molar-refractivity contribution < 1.29 is 14.3 Å². The van der Waals surface area contributed by atoms with Crippen molar-refractivity contribution in [2.75, 3.05) is 13.7 Å². The predicted molar refractivity (Wildman–Crippen MR) is 99.0 cm³/mol. The minimum atomic E-state index is -0.204. The van der Waals surface area contributed by atoms with Crippen LogP contribution in [-0.2, 0) is 11.3 Å². The number of rotatable bonds is 6. The number of carbonyl (C=O) groups excluding carboxylic acids is 1. The molecule has 0 bridgehead atoms. The predicted octanol–water partition coefficient (Wildman–Crippen LogP) is 3.42. The molecule has 0 aromatic heterocycles. The van der Waals surface area contributed by atoms with E-state index in [1.807, 2.05) is 42.5 Å². The van der Waals surface area contributed by atoms with E-state index in [0.717, 1.165) is 22.1 Å². The van der Waals surface area contributed by atoms with Crippen LogP contribution < -0.4 is 14.8 Å². The zero-order chi connectivity index (χ0) is 18.4. The molecule has 0 aliphatic rings. The van der Waals surface area contributed by atoms with Crippen LogP contribution in [0.3, 0.4) is 0 Å². The monoisotopic (exact) mass is 346 g/mol. The summed E-state index contributed by atoms with van der Waals surface area (Å²) in [6.07, 6.45) is 0. The van der Waals surface area contributed by atoms with Gasteiger partial charge in [0, 0.05) is 6.54 Å². The average molecular weight is 346 g/mol. The molecule has 0 aliphatic carbocycles. The zero-order valence-electron chi connectivity index (χ0n) is 14.4. The molecule has 1 amide bonds. The number of benzene rings is 3. The Kier molecular flexibility index (Phi) is 5.35. The molecular weight excluding hydrogens is 328 g/mol. The third-order valence-corrected chi connectivity index (χ3v) is 3.95. The molecule has 0 saturated heterocycles. The fourth-order valence-electron chi connectivity index (χ4n) is 2.54. The van der Waals surface area contributed by atoms with Crippen molar-refractivity contribution in [3.05, 3.63) is 71.8 Å². The van der Waals surface area contributed by atoms with Gasteiger partial charge in [0.25, 0.3) is 5.91 Å². The summed E-state index contributed by atoms with van der Waals surface area (Å²) in [5, 5.41) is 13.8. The molecule has 0 unspecified atom stereocenters. The summed E-state index contributed by atoms with van der Waals surface area (Å²) in [6, 6.07) is 20.6. The Morgan fingerprint density at radius 1 is 1.00 bits per heavy atom. The molecule has 0 fully saturated rings. The van der Waals surface area contributed by atoms with Gasteiger partial charge >= 0.3 is 0 Å². The van der Waals surface area contributed by atoms with Crippen molar-refractivity contribution in [2.24, 2.45) is 0 Å². The van der Waals surface area contributed by atoms with E-state index < -0.39 is 0 Å². The van der Waals surface area contributed by atoms with Gasteiger partial charge in [-0.3, -0.25) is 4.79 Å². The van der Waals surface area contributed by atoms with Crippen molar-refractivity contribution in [3.63, 3.8) is 0 Å². The number of methoxy groups -OCH3 is 1. The molecule has 1 N–H and O–H groups in total. The molecule has 0 radical (unpaired) electrons. The van der Waals surface area contributed by atoms with Gasteiger partial charge in [-0.1, -0.05) is 18.2 Å². The number of nitrogens with zero attached hydrogens (tertiary/aromatic N) is 1. The molecular formula is C21H18N2O3. The second kappa shape index (κ2) is 8.04. The third kappa shape index (κ3) is 4.31. The Labute approximate surface area is 151 Å². The lowest BCUT2D eigenvalue weighted by Crippen LogP contribution is -2.28. The Bertz CT molecular complexity index is 959. The van der Waals surface area contributed by atoms with Gasteiger partial charge < -0.3 is 14.8 Å². The molecule has 3 aromatic rings. The molecule has 5 nitrogen and oxygen atoms in total. The van der Waals surface area contributed by atoms with E-state index in [9.17, 15) is 4.79 Å². The first-order valence-corrected chi connectivity index (χ1v) is 8.14.